The summed E-state index contributed by atoms with van der Waals surface area (Å²) in [5, 5.41) is 0. The molecule has 0 unspecified atom stereocenters. The van der Waals surface area contributed by atoms with Crippen molar-refractivity contribution in [2.24, 2.45) is 11.3 Å². The zero-order chi connectivity index (χ0) is 21.2. The SMILES string of the molecule is Fc1cccc(-c2cnc(OCC3CCN(CC4(C(F)(F)F)CCC4)CC3)nc2)c1. The lowest BCUT2D eigenvalue weighted by molar-refractivity contribution is -0.256. The molecule has 2 fully saturated rings. The van der Waals surface area contributed by atoms with Crippen LogP contribution in [0.3, 0.4) is 0 Å². The molecule has 8 heteroatoms. The fourth-order valence-corrected chi connectivity index (χ4v) is 4.27. The molecule has 1 saturated heterocycles. The first-order valence-corrected chi connectivity index (χ1v) is 10.3. The summed E-state index contributed by atoms with van der Waals surface area (Å²) in [5.74, 6) is -0.0476. The molecular formula is C22H25F4N3O. The largest absolute Gasteiger partial charge is 0.463 e. The van der Waals surface area contributed by atoms with Gasteiger partial charge in [0.2, 0.25) is 0 Å². The first kappa shape index (κ1) is 21.0. The van der Waals surface area contributed by atoms with Gasteiger partial charge in [-0.2, -0.15) is 13.2 Å². The molecule has 1 aromatic heterocycles. The van der Waals surface area contributed by atoms with Gasteiger partial charge < -0.3 is 9.64 Å². The van der Waals surface area contributed by atoms with Crippen molar-refractivity contribution in [3.63, 3.8) is 0 Å². The van der Waals surface area contributed by atoms with Crippen molar-refractivity contribution in [1.29, 1.82) is 0 Å². The summed E-state index contributed by atoms with van der Waals surface area (Å²) in [5.41, 5.74) is -0.102. The topological polar surface area (TPSA) is 38.2 Å². The number of alkyl halides is 3. The number of aromatic nitrogens is 2. The van der Waals surface area contributed by atoms with Crippen LogP contribution in [-0.4, -0.2) is 47.3 Å². The molecule has 0 bridgehead atoms. The van der Waals surface area contributed by atoms with E-state index in [1.54, 1.807) is 24.5 Å². The van der Waals surface area contributed by atoms with Crippen molar-refractivity contribution in [3.8, 4) is 17.1 Å². The average Bonchev–Trinajstić information content (AvgIpc) is 2.69. The number of piperidine rings is 1. The second-order valence-corrected chi connectivity index (χ2v) is 8.43. The van der Waals surface area contributed by atoms with Crippen LogP contribution in [0.5, 0.6) is 6.01 Å². The monoisotopic (exact) mass is 423 g/mol. The molecule has 0 spiro atoms. The van der Waals surface area contributed by atoms with Crippen LogP contribution in [0.25, 0.3) is 11.1 Å². The van der Waals surface area contributed by atoms with Crippen LogP contribution in [0.4, 0.5) is 17.6 Å². The molecule has 2 aromatic rings. The lowest BCUT2D eigenvalue weighted by Gasteiger charge is -2.47. The highest BCUT2D eigenvalue weighted by Crippen LogP contribution is 2.53. The van der Waals surface area contributed by atoms with Crippen molar-refractivity contribution in [2.75, 3.05) is 26.2 Å². The maximum Gasteiger partial charge on any atom is 0.395 e. The number of ether oxygens (including phenoxy) is 1. The molecule has 30 heavy (non-hydrogen) atoms. The Labute approximate surface area is 173 Å². The minimum absolute atomic E-state index is 0.120. The molecule has 4 rings (SSSR count). The Balaban J connectivity index is 1.24. The van der Waals surface area contributed by atoms with Gasteiger partial charge in [-0.25, -0.2) is 14.4 Å². The lowest BCUT2D eigenvalue weighted by atomic mass is 9.67. The number of halogens is 4. The Morgan fingerprint density at radius 1 is 1.07 bits per heavy atom. The molecule has 0 radical (unpaired) electrons. The van der Waals surface area contributed by atoms with Crippen LogP contribution in [0.15, 0.2) is 36.7 Å². The van der Waals surface area contributed by atoms with Gasteiger partial charge >= 0.3 is 12.2 Å². The summed E-state index contributed by atoms with van der Waals surface area (Å²) in [6, 6.07) is 6.45. The van der Waals surface area contributed by atoms with E-state index >= 15 is 0 Å². The molecule has 162 valence electrons. The summed E-state index contributed by atoms with van der Waals surface area (Å²) < 4.78 is 59.1. The van der Waals surface area contributed by atoms with E-state index in [9.17, 15) is 17.6 Å². The van der Waals surface area contributed by atoms with E-state index in [2.05, 4.69) is 9.97 Å². The molecule has 0 amide bonds. The van der Waals surface area contributed by atoms with E-state index in [-0.39, 0.29) is 37.1 Å². The van der Waals surface area contributed by atoms with Crippen molar-refractivity contribution < 1.29 is 22.3 Å². The number of likely N-dealkylation sites (tertiary alicyclic amines) is 1. The minimum atomic E-state index is -4.11. The number of rotatable bonds is 6. The van der Waals surface area contributed by atoms with Gasteiger partial charge in [-0.3, -0.25) is 0 Å². The van der Waals surface area contributed by atoms with Crippen LogP contribution < -0.4 is 4.74 Å². The van der Waals surface area contributed by atoms with E-state index in [4.69, 9.17) is 4.74 Å². The van der Waals surface area contributed by atoms with Crippen LogP contribution in [0, 0.1) is 17.2 Å². The van der Waals surface area contributed by atoms with E-state index in [1.165, 1.54) is 12.1 Å². The van der Waals surface area contributed by atoms with Gasteiger partial charge in [0.25, 0.3) is 0 Å². The molecule has 1 saturated carbocycles. The Bertz CT molecular complexity index is 844. The maximum atomic E-state index is 13.4. The molecular weight excluding hydrogens is 398 g/mol. The summed E-state index contributed by atoms with van der Waals surface area (Å²) in [4.78, 5) is 10.3. The molecule has 1 aliphatic carbocycles. The van der Waals surface area contributed by atoms with Crippen molar-refractivity contribution >= 4 is 0 Å². The third-order valence-corrected chi connectivity index (χ3v) is 6.38. The Morgan fingerprint density at radius 2 is 1.77 bits per heavy atom. The number of nitrogens with zero attached hydrogens (tertiary/aromatic N) is 3. The van der Waals surface area contributed by atoms with Crippen molar-refractivity contribution in [2.45, 2.75) is 38.3 Å². The zero-order valence-electron chi connectivity index (χ0n) is 16.7. The van der Waals surface area contributed by atoms with E-state index in [0.717, 1.165) is 12.8 Å². The first-order chi connectivity index (χ1) is 14.3. The van der Waals surface area contributed by atoms with Gasteiger partial charge in [-0.15, -0.1) is 0 Å². The van der Waals surface area contributed by atoms with Crippen molar-refractivity contribution in [1.82, 2.24) is 14.9 Å². The summed E-state index contributed by atoms with van der Waals surface area (Å²) >= 11 is 0. The second-order valence-electron chi connectivity index (χ2n) is 8.43. The fourth-order valence-electron chi connectivity index (χ4n) is 4.27. The average molecular weight is 423 g/mol. The molecule has 4 nitrogen and oxygen atoms in total. The predicted octanol–water partition coefficient (Wildman–Crippen LogP) is 5.11. The smallest absolute Gasteiger partial charge is 0.395 e. The fraction of sp³-hybridized carbons (Fsp3) is 0.545. The van der Waals surface area contributed by atoms with E-state index in [1.807, 2.05) is 4.90 Å². The number of hydrogen-bond acceptors (Lipinski definition) is 4. The third kappa shape index (κ3) is 4.58. The highest BCUT2D eigenvalue weighted by atomic mass is 19.4. The lowest BCUT2D eigenvalue weighted by Crippen LogP contribution is -2.53. The normalized spacial score (nSPS) is 20.0. The third-order valence-electron chi connectivity index (χ3n) is 6.38. The van der Waals surface area contributed by atoms with Crippen LogP contribution in [0.1, 0.15) is 32.1 Å². The molecule has 1 aromatic carbocycles. The molecule has 0 N–H and O–H groups in total. The predicted molar refractivity (Wildman–Crippen MR) is 104 cm³/mol. The van der Waals surface area contributed by atoms with Gasteiger partial charge in [-0.1, -0.05) is 18.6 Å². The van der Waals surface area contributed by atoms with Crippen LogP contribution in [0.2, 0.25) is 0 Å². The minimum Gasteiger partial charge on any atom is -0.463 e. The van der Waals surface area contributed by atoms with Gasteiger partial charge in [0.1, 0.15) is 5.82 Å². The summed E-state index contributed by atoms with van der Waals surface area (Å²) in [6.45, 7) is 1.88. The van der Waals surface area contributed by atoms with Gasteiger partial charge in [-0.05, 0) is 62.4 Å². The molecule has 2 heterocycles. The second kappa shape index (κ2) is 8.49. The molecule has 0 atom stereocenters. The van der Waals surface area contributed by atoms with Crippen LogP contribution >= 0.6 is 0 Å². The highest BCUT2D eigenvalue weighted by molar-refractivity contribution is 5.61. The molecule has 1 aliphatic heterocycles. The standard InChI is InChI=1S/C22H25F4N3O/c23-19-4-1-3-17(11-19)18-12-27-20(28-13-18)30-14-16-5-9-29(10-6-16)15-21(7-2-8-21)22(24,25)26/h1,3-4,11-13,16H,2,5-10,14-15H2. The van der Waals surface area contributed by atoms with Gasteiger partial charge in [0, 0.05) is 24.5 Å². The summed E-state index contributed by atoms with van der Waals surface area (Å²) in [6.07, 6.45) is 1.85. The Morgan fingerprint density at radius 3 is 2.33 bits per heavy atom. The zero-order valence-corrected chi connectivity index (χ0v) is 16.7. The van der Waals surface area contributed by atoms with E-state index < -0.39 is 11.6 Å². The molecule has 2 aliphatic rings. The van der Waals surface area contributed by atoms with Gasteiger partial charge in [0.05, 0.1) is 12.0 Å². The van der Waals surface area contributed by atoms with E-state index in [0.29, 0.717) is 37.2 Å². The van der Waals surface area contributed by atoms with Gasteiger partial charge in [0.15, 0.2) is 0 Å². The highest BCUT2D eigenvalue weighted by Gasteiger charge is 2.58. The quantitative estimate of drug-likeness (QED) is 0.606. The Hall–Kier alpha value is -2.22. The summed E-state index contributed by atoms with van der Waals surface area (Å²) in [7, 11) is 0. The first-order valence-electron chi connectivity index (χ1n) is 10.3. The van der Waals surface area contributed by atoms with Crippen LogP contribution in [-0.2, 0) is 0 Å². The van der Waals surface area contributed by atoms with Crippen molar-refractivity contribution in [3.05, 3.63) is 42.5 Å². The Kier molecular flexibility index (Phi) is 5.95. The number of hydrogen-bond donors (Lipinski definition) is 0. The number of benzene rings is 1. The maximum absolute atomic E-state index is 13.4.